The van der Waals surface area contributed by atoms with Crippen molar-refractivity contribution in [1.82, 2.24) is 10.9 Å². The first-order valence-corrected chi connectivity index (χ1v) is 9.39. The normalized spacial score (nSPS) is 11.0. The third-order valence-corrected chi connectivity index (χ3v) is 4.71. The molecule has 0 radical (unpaired) electrons. The van der Waals surface area contributed by atoms with Gasteiger partial charge in [-0.15, -0.1) is 0 Å². The first-order chi connectivity index (χ1) is 15.3. The Kier molecular flexibility index (Phi) is 5.44. The van der Waals surface area contributed by atoms with Crippen LogP contribution in [0.1, 0.15) is 15.9 Å². The molecule has 1 amide bonds. The van der Waals surface area contributed by atoms with Crippen molar-refractivity contribution in [1.29, 1.82) is 0 Å². The zero-order valence-corrected chi connectivity index (χ0v) is 16.4. The number of benzene rings is 2. The fourth-order valence-electron chi connectivity index (χ4n) is 3.27. The highest BCUT2D eigenvalue weighted by Crippen LogP contribution is 2.26. The van der Waals surface area contributed by atoms with Crippen LogP contribution in [0.5, 0.6) is 11.5 Å². The average molecular weight is 436 g/mol. The first-order valence-electron chi connectivity index (χ1n) is 9.39. The van der Waals surface area contributed by atoms with Gasteiger partial charge in [0.25, 0.3) is 0 Å². The summed E-state index contributed by atoms with van der Waals surface area (Å²) in [6.45, 7) is -0.492. The zero-order valence-electron chi connectivity index (χ0n) is 16.4. The van der Waals surface area contributed by atoms with Crippen LogP contribution >= 0.6 is 0 Å². The molecular formula is C22H16N2O8. The molecule has 0 bridgehead atoms. The van der Waals surface area contributed by atoms with Gasteiger partial charge in [-0.25, -0.2) is 15.0 Å². The lowest BCUT2D eigenvalue weighted by Gasteiger charge is -2.09. The number of amides is 1. The molecule has 0 spiro atoms. The van der Waals surface area contributed by atoms with E-state index >= 15 is 0 Å². The van der Waals surface area contributed by atoms with Gasteiger partial charge in [-0.3, -0.25) is 15.0 Å². The Morgan fingerprint density at radius 3 is 2.50 bits per heavy atom. The van der Waals surface area contributed by atoms with Gasteiger partial charge in [-0.1, -0.05) is 12.1 Å². The highest BCUT2D eigenvalue weighted by Gasteiger charge is 2.20. The highest BCUT2D eigenvalue weighted by molar-refractivity contribution is 6.03. The quantitative estimate of drug-likeness (QED) is 0.199. The van der Waals surface area contributed by atoms with Crippen molar-refractivity contribution >= 4 is 33.6 Å². The van der Waals surface area contributed by atoms with Gasteiger partial charge in [0.15, 0.2) is 5.78 Å². The van der Waals surface area contributed by atoms with Gasteiger partial charge in [0.1, 0.15) is 28.2 Å². The number of Topliss-reactive ketones (excluding diaryl/α,β-unsaturated/α-hetero) is 1. The number of aromatic hydroxyl groups is 2. The van der Waals surface area contributed by atoms with E-state index in [0.717, 1.165) is 6.07 Å². The van der Waals surface area contributed by atoms with Crippen LogP contribution < -0.4 is 22.1 Å². The summed E-state index contributed by atoms with van der Waals surface area (Å²) in [4.78, 5) is 48.5. The molecule has 2 heterocycles. The van der Waals surface area contributed by atoms with Crippen LogP contribution in [0, 0.1) is 0 Å². The number of hydrazine groups is 1. The van der Waals surface area contributed by atoms with E-state index in [4.69, 9.17) is 8.83 Å². The monoisotopic (exact) mass is 436 g/mol. The second-order valence-electron chi connectivity index (χ2n) is 6.88. The van der Waals surface area contributed by atoms with Crippen molar-refractivity contribution in [2.75, 3.05) is 6.54 Å². The van der Waals surface area contributed by atoms with Crippen LogP contribution in [0.4, 0.5) is 0 Å². The van der Waals surface area contributed by atoms with Gasteiger partial charge in [0, 0.05) is 17.5 Å². The fourth-order valence-corrected chi connectivity index (χ4v) is 3.27. The zero-order chi connectivity index (χ0) is 22.8. The number of carbonyl (C=O) groups is 2. The highest BCUT2D eigenvalue weighted by atomic mass is 16.4. The topological polar surface area (TPSA) is 159 Å². The molecule has 32 heavy (non-hydrogen) atoms. The van der Waals surface area contributed by atoms with Crippen LogP contribution in [0.25, 0.3) is 21.9 Å². The van der Waals surface area contributed by atoms with E-state index in [1.807, 2.05) is 0 Å². The molecule has 0 unspecified atom stereocenters. The van der Waals surface area contributed by atoms with E-state index in [0.29, 0.717) is 10.9 Å². The van der Waals surface area contributed by atoms with Gasteiger partial charge >= 0.3 is 11.3 Å². The Morgan fingerprint density at radius 2 is 1.69 bits per heavy atom. The van der Waals surface area contributed by atoms with Crippen molar-refractivity contribution in [2.45, 2.75) is 6.42 Å². The molecule has 4 rings (SSSR count). The molecular weight excluding hydrogens is 420 g/mol. The summed E-state index contributed by atoms with van der Waals surface area (Å²) in [5, 5.41) is 20.5. The number of fused-ring (bicyclic) bond motifs is 2. The molecule has 2 aromatic carbocycles. The summed E-state index contributed by atoms with van der Waals surface area (Å²) in [7, 11) is 0. The van der Waals surface area contributed by atoms with E-state index in [2.05, 4.69) is 10.9 Å². The van der Waals surface area contributed by atoms with Crippen LogP contribution in [0.15, 0.2) is 67.0 Å². The minimum Gasteiger partial charge on any atom is -0.508 e. The Labute approximate surface area is 178 Å². The summed E-state index contributed by atoms with van der Waals surface area (Å²) in [5.41, 5.74) is 3.10. The van der Waals surface area contributed by atoms with Gasteiger partial charge < -0.3 is 19.0 Å². The fraction of sp³-hybridized carbons (Fsp3) is 0.0909. The summed E-state index contributed by atoms with van der Waals surface area (Å²) >= 11 is 0. The Bertz CT molecular complexity index is 1490. The second kappa shape index (κ2) is 8.36. The lowest BCUT2D eigenvalue weighted by molar-refractivity contribution is -0.121. The van der Waals surface area contributed by atoms with E-state index < -0.39 is 40.8 Å². The molecule has 4 aromatic rings. The molecule has 0 saturated carbocycles. The number of carbonyl (C=O) groups excluding carboxylic acids is 2. The lowest BCUT2D eigenvalue weighted by Crippen LogP contribution is -2.42. The van der Waals surface area contributed by atoms with Gasteiger partial charge in [-0.05, 0) is 29.8 Å². The summed E-state index contributed by atoms with van der Waals surface area (Å²) in [5.74, 6) is -1.96. The lowest BCUT2D eigenvalue weighted by atomic mass is 10.1. The molecule has 0 aliphatic heterocycles. The molecule has 162 valence electrons. The molecule has 10 nitrogen and oxygen atoms in total. The van der Waals surface area contributed by atoms with Crippen molar-refractivity contribution < 1.29 is 28.6 Å². The van der Waals surface area contributed by atoms with Crippen LogP contribution in [-0.2, 0) is 11.2 Å². The molecule has 0 fully saturated rings. The second-order valence-corrected chi connectivity index (χ2v) is 6.88. The maximum absolute atomic E-state index is 12.4. The maximum atomic E-state index is 12.4. The maximum Gasteiger partial charge on any atom is 0.351 e. The minimum absolute atomic E-state index is 0.0937. The van der Waals surface area contributed by atoms with Crippen molar-refractivity contribution in [2.24, 2.45) is 0 Å². The number of phenolic OH excluding ortho intramolecular Hbond substituents is 1. The van der Waals surface area contributed by atoms with Crippen molar-refractivity contribution in [3.63, 3.8) is 0 Å². The summed E-state index contributed by atoms with van der Waals surface area (Å²) in [6, 6.07) is 11.5. The van der Waals surface area contributed by atoms with Crippen molar-refractivity contribution in [3.8, 4) is 11.5 Å². The smallest absolute Gasteiger partial charge is 0.351 e. The first kappa shape index (κ1) is 20.8. The molecule has 0 aliphatic carbocycles. The Balaban J connectivity index is 1.45. The number of phenols is 1. The van der Waals surface area contributed by atoms with E-state index in [1.54, 1.807) is 12.1 Å². The van der Waals surface area contributed by atoms with Crippen molar-refractivity contribution in [3.05, 3.63) is 80.5 Å². The SMILES string of the molecule is O=C(Cc1cc(=O)oc2cc(O)ccc12)NNCC(=O)c1c(O)c2ccccc2oc1=O. The molecule has 10 heteroatoms. The molecule has 0 aliphatic rings. The summed E-state index contributed by atoms with van der Waals surface area (Å²) in [6.07, 6.45) is -0.225. The predicted octanol–water partition coefficient (Wildman–Crippen LogP) is 1.36. The molecule has 2 aromatic heterocycles. The number of rotatable bonds is 6. The van der Waals surface area contributed by atoms with Gasteiger partial charge in [-0.2, -0.15) is 0 Å². The Morgan fingerprint density at radius 1 is 0.906 bits per heavy atom. The van der Waals surface area contributed by atoms with Crippen LogP contribution in [0.2, 0.25) is 0 Å². The predicted molar refractivity (Wildman–Crippen MR) is 112 cm³/mol. The number of para-hydroxylation sites is 1. The van der Waals surface area contributed by atoms with E-state index in [1.165, 1.54) is 30.3 Å². The van der Waals surface area contributed by atoms with Crippen LogP contribution in [-0.4, -0.2) is 28.4 Å². The average Bonchev–Trinajstić information content (AvgIpc) is 2.73. The number of ketones is 1. The molecule has 0 saturated heterocycles. The van der Waals surface area contributed by atoms with E-state index in [9.17, 15) is 29.4 Å². The summed E-state index contributed by atoms with van der Waals surface area (Å²) < 4.78 is 10.1. The largest absolute Gasteiger partial charge is 0.508 e. The number of nitrogens with one attached hydrogen (secondary N) is 2. The number of hydrogen-bond donors (Lipinski definition) is 4. The Hall–Kier alpha value is -4.44. The van der Waals surface area contributed by atoms with E-state index in [-0.39, 0.29) is 28.7 Å². The number of hydrogen-bond acceptors (Lipinski definition) is 9. The van der Waals surface area contributed by atoms with Gasteiger partial charge in [0.05, 0.1) is 18.4 Å². The molecule has 4 N–H and O–H groups in total. The third kappa shape index (κ3) is 4.07. The minimum atomic E-state index is -0.995. The van der Waals surface area contributed by atoms with Crippen LogP contribution in [0.3, 0.4) is 0 Å². The third-order valence-electron chi connectivity index (χ3n) is 4.71. The van der Waals surface area contributed by atoms with Gasteiger partial charge in [0.2, 0.25) is 5.91 Å². The molecule has 0 atom stereocenters. The standard InChI is InChI=1S/C22H16N2O8/c25-12-5-6-13-11(8-19(28)31-17(13)9-12)7-18(27)24-23-10-15(26)20-21(29)14-3-1-2-4-16(14)32-22(20)30/h1-6,8-9,23,25,29H,7,10H2,(H,24,27).